The van der Waals surface area contributed by atoms with Gasteiger partial charge in [-0.25, -0.2) is 0 Å². The van der Waals surface area contributed by atoms with E-state index in [0.29, 0.717) is 0 Å². The number of rotatable bonds is 2. The monoisotopic (exact) mass is 180 g/mol. The summed E-state index contributed by atoms with van der Waals surface area (Å²) in [7, 11) is 0. The Kier molecular flexibility index (Phi) is 2.51. The fourth-order valence-electron chi connectivity index (χ4n) is 1.46. The van der Waals surface area contributed by atoms with Crippen LogP contribution in [0.3, 0.4) is 0 Å². The van der Waals surface area contributed by atoms with E-state index in [2.05, 4.69) is 48.7 Å². The third kappa shape index (κ3) is 1.78. The first-order valence-electron chi connectivity index (χ1n) is 4.87. The SMILES string of the molecule is CCc1ccc(C2=CC=C=C=C2)cc1. The first-order chi connectivity index (χ1) is 6.90. The second-order valence-electron chi connectivity index (χ2n) is 3.27. The van der Waals surface area contributed by atoms with Crippen molar-refractivity contribution in [2.24, 2.45) is 0 Å². The molecule has 0 atom stereocenters. The maximum atomic E-state index is 2.96. The van der Waals surface area contributed by atoms with Crippen LogP contribution in [0.2, 0.25) is 0 Å². The van der Waals surface area contributed by atoms with Crippen LogP contribution >= 0.6 is 0 Å². The molecule has 1 aromatic rings. The Morgan fingerprint density at radius 1 is 1.07 bits per heavy atom. The Morgan fingerprint density at radius 3 is 2.43 bits per heavy atom. The van der Waals surface area contributed by atoms with Crippen LogP contribution in [0, 0.1) is 0 Å². The van der Waals surface area contributed by atoms with E-state index in [1.807, 2.05) is 12.2 Å². The van der Waals surface area contributed by atoms with Gasteiger partial charge in [-0.15, -0.1) is 0 Å². The minimum atomic E-state index is 1.09. The molecule has 1 aliphatic rings. The lowest BCUT2D eigenvalue weighted by molar-refractivity contribution is 1.14. The first-order valence-corrected chi connectivity index (χ1v) is 4.87. The molecule has 68 valence electrons. The number of hydrogen-bond acceptors (Lipinski definition) is 0. The summed E-state index contributed by atoms with van der Waals surface area (Å²) in [5.41, 5.74) is 9.68. The zero-order valence-corrected chi connectivity index (χ0v) is 8.25. The Morgan fingerprint density at radius 2 is 1.86 bits per heavy atom. The van der Waals surface area contributed by atoms with Gasteiger partial charge in [0.2, 0.25) is 0 Å². The van der Waals surface area contributed by atoms with Gasteiger partial charge in [0.15, 0.2) is 0 Å². The topological polar surface area (TPSA) is 0 Å². The molecule has 0 nitrogen and oxygen atoms in total. The zero-order chi connectivity index (χ0) is 9.80. The van der Waals surface area contributed by atoms with E-state index < -0.39 is 0 Å². The Hall–Kier alpha value is -1.74. The van der Waals surface area contributed by atoms with Crippen molar-refractivity contribution in [2.75, 3.05) is 0 Å². The van der Waals surface area contributed by atoms with E-state index >= 15 is 0 Å². The molecule has 0 bridgehead atoms. The van der Waals surface area contributed by atoms with Crippen LogP contribution in [0.5, 0.6) is 0 Å². The quantitative estimate of drug-likeness (QED) is 0.611. The van der Waals surface area contributed by atoms with E-state index in [0.717, 1.165) is 6.42 Å². The first kappa shape index (κ1) is 8.84. The minimum absolute atomic E-state index is 1.09. The van der Waals surface area contributed by atoms with Crippen LogP contribution in [0.25, 0.3) is 5.57 Å². The molecule has 0 spiro atoms. The van der Waals surface area contributed by atoms with Gasteiger partial charge in [-0.2, -0.15) is 0 Å². The van der Waals surface area contributed by atoms with Gasteiger partial charge < -0.3 is 0 Å². The summed E-state index contributed by atoms with van der Waals surface area (Å²) in [6.07, 6.45) is 7.00. The number of allylic oxidation sites excluding steroid dienone is 4. The molecule has 14 heavy (non-hydrogen) atoms. The summed E-state index contributed by atoms with van der Waals surface area (Å²) in [6, 6.07) is 8.65. The third-order valence-corrected chi connectivity index (χ3v) is 2.35. The molecule has 0 saturated carbocycles. The lowest BCUT2D eigenvalue weighted by Crippen LogP contribution is -1.84. The van der Waals surface area contributed by atoms with Gasteiger partial charge in [0.05, 0.1) is 0 Å². The second kappa shape index (κ2) is 3.98. The average Bonchev–Trinajstić information content (AvgIpc) is 2.30. The second-order valence-corrected chi connectivity index (χ2v) is 3.27. The maximum Gasteiger partial charge on any atom is -0.00365 e. The van der Waals surface area contributed by atoms with Gasteiger partial charge in [0.1, 0.15) is 0 Å². The van der Waals surface area contributed by atoms with Crippen LogP contribution < -0.4 is 0 Å². The average molecular weight is 180 g/mol. The Bertz CT molecular complexity index is 445. The standard InChI is InChI=1S/C14H12/c1-2-12-8-10-14(11-9-12)13-6-4-3-5-7-13/h4,6-11H,2H2,1H3. The molecule has 0 amide bonds. The Balaban J connectivity index is 2.31. The smallest absolute Gasteiger partial charge is 0.00365 e. The predicted octanol–water partition coefficient (Wildman–Crippen LogP) is 3.51. The van der Waals surface area contributed by atoms with Crippen molar-refractivity contribution >= 4 is 5.57 Å². The largest absolute Gasteiger partial charge is 0.0702 e. The molecular weight excluding hydrogens is 168 g/mol. The molecule has 0 aliphatic heterocycles. The van der Waals surface area contributed by atoms with E-state index in [1.54, 1.807) is 0 Å². The van der Waals surface area contributed by atoms with Crippen molar-refractivity contribution in [1.82, 2.24) is 0 Å². The van der Waals surface area contributed by atoms with Gasteiger partial charge in [-0.05, 0) is 41.3 Å². The molecule has 0 fully saturated rings. The summed E-state index contributed by atoms with van der Waals surface area (Å²) in [6.45, 7) is 2.17. The molecule has 1 aliphatic carbocycles. The molecule has 0 heterocycles. The molecule has 0 saturated heterocycles. The van der Waals surface area contributed by atoms with Crippen LogP contribution in [0.4, 0.5) is 0 Å². The van der Waals surface area contributed by atoms with Crippen molar-refractivity contribution in [3.05, 3.63) is 65.1 Å². The number of aryl methyl sites for hydroxylation is 1. The molecular formula is C14H12. The van der Waals surface area contributed by atoms with E-state index in [-0.39, 0.29) is 0 Å². The fraction of sp³-hybridized carbons (Fsp3) is 0.143. The van der Waals surface area contributed by atoms with Crippen LogP contribution in [0.1, 0.15) is 18.1 Å². The molecule has 0 heteroatoms. The van der Waals surface area contributed by atoms with Gasteiger partial charge in [-0.1, -0.05) is 42.7 Å². The highest BCUT2D eigenvalue weighted by atomic mass is 14.0. The van der Waals surface area contributed by atoms with Crippen molar-refractivity contribution in [1.29, 1.82) is 0 Å². The normalized spacial score (nSPS) is 13.1. The van der Waals surface area contributed by atoms with Crippen LogP contribution in [-0.2, 0) is 6.42 Å². The summed E-state index contributed by atoms with van der Waals surface area (Å²) >= 11 is 0. The van der Waals surface area contributed by atoms with Gasteiger partial charge >= 0.3 is 0 Å². The highest BCUT2D eigenvalue weighted by Gasteiger charge is 1.97. The minimum Gasteiger partial charge on any atom is -0.0702 e. The van der Waals surface area contributed by atoms with Crippen molar-refractivity contribution < 1.29 is 0 Å². The number of hydrogen-bond donors (Lipinski definition) is 0. The third-order valence-electron chi connectivity index (χ3n) is 2.35. The van der Waals surface area contributed by atoms with E-state index in [4.69, 9.17) is 0 Å². The van der Waals surface area contributed by atoms with Crippen molar-refractivity contribution in [2.45, 2.75) is 13.3 Å². The summed E-state index contributed by atoms with van der Waals surface area (Å²) in [5, 5.41) is 0. The summed E-state index contributed by atoms with van der Waals surface area (Å²) < 4.78 is 0. The lowest BCUT2D eigenvalue weighted by atomic mass is 10.0. The zero-order valence-electron chi connectivity index (χ0n) is 8.25. The van der Waals surface area contributed by atoms with Crippen molar-refractivity contribution in [3.8, 4) is 0 Å². The molecule has 0 N–H and O–H groups in total. The highest BCUT2D eigenvalue weighted by molar-refractivity contribution is 5.75. The maximum absolute atomic E-state index is 2.96. The van der Waals surface area contributed by atoms with Gasteiger partial charge in [0.25, 0.3) is 0 Å². The van der Waals surface area contributed by atoms with Crippen LogP contribution in [0.15, 0.2) is 54.0 Å². The van der Waals surface area contributed by atoms with E-state index in [1.165, 1.54) is 16.7 Å². The van der Waals surface area contributed by atoms with Gasteiger partial charge in [-0.3, -0.25) is 0 Å². The number of benzene rings is 1. The summed E-state index contributed by atoms with van der Waals surface area (Å²) in [5.74, 6) is 0. The lowest BCUT2D eigenvalue weighted by Gasteiger charge is -2.03. The van der Waals surface area contributed by atoms with E-state index in [9.17, 15) is 0 Å². The highest BCUT2D eigenvalue weighted by Crippen LogP contribution is 2.17. The fourth-order valence-corrected chi connectivity index (χ4v) is 1.46. The van der Waals surface area contributed by atoms with Gasteiger partial charge in [0, 0.05) is 0 Å². The molecule has 0 aromatic heterocycles. The van der Waals surface area contributed by atoms with Crippen LogP contribution in [-0.4, -0.2) is 0 Å². The Labute approximate surface area is 84.6 Å². The van der Waals surface area contributed by atoms with Crippen molar-refractivity contribution in [3.63, 3.8) is 0 Å². The molecule has 1 aromatic carbocycles. The summed E-state index contributed by atoms with van der Waals surface area (Å²) in [4.78, 5) is 0. The predicted molar refractivity (Wildman–Crippen MR) is 60.0 cm³/mol. The molecule has 0 unspecified atom stereocenters. The molecule has 0 radical (unpaired) electrons. The molecule has 2 rings (SSSR count).